The minimum absolute atomic E-state index is 0.148. The number of carbonyl (C=O) groups is 1. The van der Waals surface area contributed by atoms with E-state index in [0.29, 0.717) is 6.42 Å². The van der Waals surface area contributed by atoms with E-state index in [4.69, 9.17) is 10.5 Å². The van der Waals surface area contributed by atoms with Crippen molar-refractivity contribution in [1.82, 2.24) is 19.9 Å². The first kappa shape index (κ1) is 11.3. The monoisotopic (exact) mass is 235 g/mol. The summed E-state index contributed by atoms with van der Waals surface area (Å²) in [5.74, 6) is -0.450. The lowest BCUT2D eigenvalue weighted by molar-refractivity contribution is -0.146. The Hall–Kier alpha value is -2.15. The summed E-state index contributed by atoms with van der Waals surface area (Å²) in [5.41, 5.74) is 7.23. The number of ether oxygens (including phenoxy) is 1. The van der Waals surface area contributed by atoms with E-state index in [2.05, 4.69) is 19.9 Å². The minimum Gasteiger partial charge on any atom is -0.458 e. The van der Waals surface area contributed by atoms with Gasteiger partial charge in [-0.3, -0.25) is 4.79 Å². The average molecular weight is 235 g/mol. The van der Waals surface area contributed by atoms with Crippen molar-refractivity contribution in [1.29, 1.82) is 0 Å². The standard InChI is InChI=1S/C10H13N5O2/c11-9(1-7-2-12-5-14-7)10(16)17-4-8-3-13-6-15-8/h2-3,5-6,9H,1,4,11H2,(H,12,14)(H,13,15)/t9-/m0/s1. The molecule has 0 bridgehead atoms. The van der Waals surface area contributed by atoms with E-state index in [1.165, 1.54) is 12.7 Å². The summed E-state index contributed by atoms with van der Waals surface area (Å²) in [6.07, 6.45) is 6.66. The third-order valence-corrected chi connectivity index (χ3v) is 2.22. The van der Waals surface area contributed by atoms with Crippen molar-refractivity contribution < 1.29 is 9.53 Å². The molecule has 0 aliphatic heterocycles. The number of rotatable bonds is 5. The number of hydrogen-bond acceptors (Lipinski definition) is 5. The van der Waals surface area contributed by atoms with Gasteiger partial charge in [-0.2, -0.15) is 0 Å². The Kier molecular flexibility index (Phi) is 3.51. The van der Waals surface area contributed by atoms with Gasteiger partial charge in [-0.1, -0.05) is 0 Å². The third kappa shape index (κ3) is 3.15. The number of nitrogens with zero attached hydrogens (tertiary/aromatic N) is 2. The molecule has 7 heteroatoms. The molecule has 0 spiro atoms. The van der Waals surface area contributed by atoms with Crippen molar-refractivity contribution >= 4 is 5.97 Å². The predicted molar refractivity (Wildman–Crippen MR) is 58.7 cm³/mol. The summed E-state index contributed by atoms with van der Waals surface area (Å²) in [6.45, 7) is 0.148. The highest BCUT2D eigenvalue weighted by molar-refractivity contribution is 5.75. The van der Waals surface area contributed by atoms with Gasteiger partial charge in [-0.05, 0) is 0 Å². The molecule has 0 radical (unpaired) electrons. The highest BCUT2D eigenvalue weighted by Gasteiger charge is 2.16. The van der Waals surface area contributed by atoms with Crippen molar-refractivity contribution in [3.63, 3.8) is 0 Å². The highest BCUT2D eigenvalue weighted by atomic mass is 16.5. The van der Waals surface area contributed by atoms with Gasteiger partial charge in [0.05, 0.1) is 24.5 Å². The molecule has 0 amide bonds. The smallest absolute Gasteiger partial charge is 0.323 e. The average Bonchev–Trinajstić information content (AvgIpc) is 2.98. The van der Waals surface area contributed by atoms with Crippen LogP contribution >= 0.6 is 0 Å². The van der Waals surface area contributed by atoms with Crippen LogP contribution in [0.3, 0.4) is 0 Å². The SMILES string of the molecule is N[C@@H](Cc1cnc[nH]1)C(=O)OCc1cnc[nH]1. The molecular weight excluding hydrogens is 222 g/mol. The van der Waals surface area contributed by atoms with Crippen LogP contribution < -0.4 is 5.73 Å². The second kappa shape index (κ2) is 5.26. The van der Waals surface area contributed by atoms with Crippen LogP contribution in [0.1, 0.15) is 11.4 Å². The molecule has 2 rings (SSSR count). The fourth-order valence-corrected chi connectivity index (χ4v) is 1.34. The van der Waals surface area contributed by atoms with Crippen LogP contribution in [0.4, 0.5) is 0 Å². The summed E-state index contributed by atoms with van der Waals surface area (Å²) >= 11 is 0. The molecule has 2 heterocycles. The van der Waals surface area contributed by atoms with E-state index in [-0.39, 0.29) is 6.61 Å². The zero-order chi connectivity index (χ0) is 12.1. The van der Waals surface area contributed by atoms with Gasteiger partial charge in [0.1, 0.15) is 12.6 Å². The van der Waals surface area contributed by atoms with Gasteiger partial charge in [0, 0.05) is 18.3 Å². The fraction of sp³-hybridized carbons (Fsp3) is 0.300. The van der Waals surface area contributed by atoms with E-state index in [1.54, 1.807) is 12.4 Å². The number of imidazole rings is 2. The molecule has 0 fully saturated rings. The number of H-pyrrole nitrogens is 2. The Bertz CT molecular complexity index is 451. The molecule has 1 atom stereocenters. The fourth-order valence-electron chi connectivity index (χ4n) is 1.34. The number of nitrogens with two attached hydrogens (primary N) is 1. The lowest BCUT2D eigenvalue weighted by Crippen LogP contribution is -2.34. The van der Waals surface area contributed by atoms with E-state index >= 15 is 0 Å². The molecule has 4 N–H and O–H groups in total. The number of aromatic amines is 2. The Labute approximate surface area is 97.4 Å². The minimum atomic E-state index is -0.696. The summed E-state index contributed by atoms with van der Waals surface area (Å²) in [7, 11) is 0. The van der Waals surface area contributed by atoms with Gasteiger partial charge in [0.25, 0.3) is 0 Å². The highest BCUT2D eigenvalue weighted by Crippen LogP contribution is 2.01. The van der Waals surface area contributed by atoms with Crippen LogP contribution in [0.25, 0.3) is 0 Å². The number of hydrogen-bond donors (Lipinski definition) is 3. The Balaban J connectivity index is 1.79. The van der Waals surface area contributed by atoms with Crippen LogP contribution in [-0.4, -0.2) is 31.9 Å². The summed E-state index contributed by atoms with van der Waals surface area (Å²) < 4.78 is 5.03. The first-order chi connectivity index (χ1) is 8.25. The second-order valence-corrected chi connectivity index (χ2v) is 3.57. The van der Waals surface area contributed by atoms with Gasteiger partial charge in [0.2, 0.25) is 0 Å². The maximum atomic E-state index is 11.5. The third-order valence-electron chi connectivity index (χ3n) is 2.22. The topological polar surface area (TPSA) is 110 Å². The lowest BCUT2D eigenvalue weighted by Gasteiger charge is -2.09. The molecule has 0 unspecified atom stereocenters. The molecule has 0 saturated heterocycles. The molecule has 0 saturated carbocycles. The largest absolute Gasteiger partial charge is 0.458 e. The second-order valence-electron chi connectivity index (χ2n) is 3.57. The van der Waals surface area contributed by atoms with Crippen LogP contribution in [0.15, 0.2) is 25.0 Å². The van der Waals surface area contributed by atoms with Crippen LogP contribution in [0, 0.1) is 0 Å². The normalized spacial score (nSPS) is 12.3. The molecular formula is C10H13N5O2. The van der Waals surface area contributed by atoms with Gasteiger partial charge in [-0.25, -0.2) is 9.97 Å². The molecule has 2 aromatic heterocycles. The number of nitrogens with one attached hydrogen (secondary N) is 2. The summed E-state index contributed by atoms with van der Waals surface area (Å²) in [5, 5.41) is 0. The maximum absolute atomic E-state index is 11.5. The number of esters is 1. The summed E-state index contributed by atoms with van der Waals surface area (Å²) in [6, 6.07) is -0.696. The van der Waals surface area contributed by atoms with Crippen LogP contribution in [0.5, 0.6) is 0 Å². The zero-order valence-electron chi connectivity index (χ0n) is 9.09. The maximum Gasteiger partial charge on any atom is 0.323 e. The first-order valence-electron chi connectivity index (χ1n) is 5.12. The summed E-state index contributed by atoms with van der Waals surface area (Å²) in [4.78, 5) is 24.9. The van der Waals surface area contributed by atoms with Crippen LogP contribution in [0.2, 0.25) is 0 Å². The van der Waals surface area contributed by atoms with E-state index in [0.717, 1.165) is 11.4 Å². The van der Waals surface area contributed by atoms with Crippen LogP contribution in [-0.2, 0) is 22.6 Å². The van der Waals surface area contributed by atoms with Gasteiger partial charge in [-0.15, -0.1) is 0 Å². The quantitative estimate of drug-likeness (QED) is 0.619. The van der Waals surface area contributed by atoms with Crippen molar-refractivity contribution in [3.8, 4) is 0 Å². The molecule has 7 nitrogen and oxygen atoms in total. The van der Waals surface area contributed by atoms with Crippen molar-refractivity contribution in [2.45, 2.75) is 19.1 Å². The van der Waals surface area contributed by atoms with Gasteiger partial charge < -0.3 is 20.4 Å². The predicted octanol–water partition coefficient (Wildman–Crippen LogP) is -0.254. The van der Waals surface area contributed by atoms with E-state index in [1.807, 2.05) is 0 Å². The molecule has 0 aliphatic carbocycles. The van der Waals surface area contributed by atoms with E-state index in [9.17, 15) is 4.79 Å². The molecule has 17 heavy (non-hydrogen) atoms. The molecule has 0 aliphatic rings. The van der Waals surface area contributed by atoms with E-state index < -0.39 is 12.0 Å². The Morgan fingerprint density at radius 1 is 1.29 bits per heavy atom. The Morgan fingerprint density at radius 3 is 2.53 bits per heavy atom. The molecule has 2 aromatic rings. The zero-order valence-corrected chi connectivity index (χ0v) is 9.09. The van der Waals surface area contributed by atoms with Crippen molar-refractivity contribution in [2.24, 2.45) is 5.73 Å². The number of carbonyl (C=O) groups excluding carboxylic acids is 1. The molecule has 90 valence electrons. The van der Waals surface area contributed by atoms with Gasteiger partial charge >= 0.3 is 5.97 Å². The first-order valence-corrected chi connectivity index (χ1v) is 5.12. The van der Waals surface area contributed by atoms with Crippen molar-refractivity contribution in [2.75, 3.05) is 0 Å². The lowest BCUT2D eigenvalue weighted by atomic mass is 10.2. The van der Waals surface area contributed by atoms with Crippen molar-refractivity contribution in [3.05, 3.63) is 36.4 Å². The Morgan fingerprint density at radius 2 is 1.94 bits per heavy atom. The van der Waals surface area contributed by atoms with Gasteiger partial charge in [0.15, 0.2) is 0 Å². The number of aromatic nitrogens is 4. The molecule has 0 aromatic carbocycles.